The largest absolute Gasteiger partial charge is 0.399 e. The molecule has 0 bridgehead atoms. The van der Waals surface area contributed by atoms with Gasteiger partial charge < -0.3 is 5.73 Å². The third-order valence-corrected chi connectivity index (χ3v) is 5.88. The fourth-order valence-corrected chi connectivity index (χ4v) is 4.65. The Morgan fingerprint density at radius 1 is 1.30 bits per heavy atom. The van der Waals surface area contributed by atoms with Crippen molar-refractivity contribution in [2.75, 3.05) is 5.73 Å². The predicted molar refractivity (Wildman–Crippen MR) is 81.9 cm³/mol. The van der Waals surface area contributed by atoms with Gasteiger partial charge in [-0.2, -0.15) is 0 Å². The molecule has 0 aliphatic heterocycles. The van der Waals surface area contributed by atoms with Crippen LogP contribution in [0.25, 0.3) is 0 Å². The van der Waals surface area contributed by atoms with E-state index in [0.717, 1.165) is 25.7 Å². The summed E-state index contributed by atoms with van der Waals surface area (Å²) in [5, 5.41) is 0. The lowest BCUT2D eigenvalue weighted by Gasteiger charge is -2.31. The van der Waals surface area contributed by atoms with Crippen LogP contribution in [0, 0.1) is 12.8 Å². The number of hydrogen-bond donors (Lipinski definition) is 2. The summed E-state index contributed by atoms with van der Waals surface area (Å²) in [6.07, 6.45) is 5.38. The van der Waals surface area contributed by atoms with Crippen molar-refractivity contribution in [1.82, 2.24) is 4.72 Å². The van der Waals surface area contributed by atoms with E-state index in [4.69, 9.17) is 5.73 Å². The molecule has 2 unspecified atom stereocenters. The molecule has 5 heteroatoms. The van der Waals surface area contributed by atoms with Gasteiger partial charge in [0.25, 0.3) is 0 Å². The predicted octanol–water partition coefficient (Wildman–Crippen LogP) is 2.82. The van der Waals surface area contributed by atoms with Crippen LogP contribution in [-0.2, 0) is 10.0 Å². The first-order chi connectivity index (χ1) is 9.44. The maximum absolute atomic E-state index is 12.5. The highest BCUT2D eigenvalue weighted by Crippen LogP contribution is 2.28. The second kappa shape index (κ2) is 6.14. The number of aryl methyl sites for hydroxylation is 1. The number of benzene rings is 1. The van der Waals surface area contributed by atoms with E-state index in [2.05, 4.69) is 11.6 Å². The van der Waals surface area contributed by atoms with E-state index < -0.39 is 10.0 Å². The highest BCUT2D eigenvalue weighted by molar-refractivity contribution is 7.89. The average molecular weight is 296 g/mol. The van der Waals surface area contributed by atoms with Crippen molar-refractivity contribution in [3.05, 3.63) is 23.8 Å². The first-order valence-electron chi connectivity index (χ1n) is 7.32. The lowest BCUT2D eigenvalue weighted by atomic mass is 9.83. The van der Waals surface area contributed by atoms with E-state index >= 15 is 0 Å². The van der Waals surface area contributed by atoms with E-state index in [9.17, 15) is 8.42 Å². The molecule has 0 amide bonds. The van der Waals surface area contributed by atoms with Crippen molar-refractivity contribution in [3.63, 3.8) is 0 Å². The molecule has 1 aliphatic rings. The Morgan fingerprint density at radius 2 is 2.00 bits per heavy atom. The van der Waals surface area contributed by atoms with Gasteiger partial charge in [-0.15, -0.1) is 0 Å². The lowest BCUT2D eigenvalue weighted by molar-refractivity contribution is 0.282. The van der Waals surface area contributed by atoms with Gasteiger partial charge in [0.1, 0.15) is 0 Å². The molecule has 112 valence electrons. The summed E-state index contributed by atoms with van der Waals surface area (Å²) >= 11 is 0. The van der Waals surface area contributed by atoms with Crippen LogP contribution in [0.15, 0.2) is 23.1 Å². The Bertz CT molecular complexity index is 569. The van der Waals surface area contributed by atoms with Gasteiger partial charge in [-0.3, -0.25) is 0 Å². The van der Waals surface area contributed by atoms with E-state index in [1.165, 1.54) is 6.42 Å². The summed E-state index contributed by atoms with van der Waals surface area (Å²) in [6, 6.07) is 5.00. The zero-order chi connectivity index (χ0) is 14.8. The average Bonchev–Trinajstić information content (AvgIpc) is 2.38. The van der Waals surface area contributed by atoms with Crippen molar-refractivity contribution in [3.8, 4) is 0 Å². The van der Waals surface area contributed by atoms with Gasteiger partial charge in [-0.05, 0) is 49.4 Å². The minimum atomic E-state index is -3.46. The smallest absolute Gasteiger partial charge is 0.241 e. The van der Waals surface area contributed by atoms with Crippen LogP contribution in [-0.4, -0.2) is 14.5 Å². The molecule has 0 spiro atoms. The molecule has 1 aromatic carbocycles. The lowest BCUT2D eigenvalue weighted by Crippen LogP contribution is -2.42. The van der Waals surface area contributed by atoms with E-state index in [1.807, 2.05) is 0 Å². The quantitative estimate of drug-likeness (QED) is 0.839. The van der Waals surface area contributed by atoms with Gasteiger partial charge >= 0.3 is 0 Å². The van der Waals surface area contributed by atoms with Crippen LogP contribution in [0.2, 0.25) is 0 Å². The van der Waals surface area contributed by atoms with E-state index in [-0.39, 0.29) is 6.04 Å². The number of rotatable bonds is 4. The van der Waals surface area contributed by atoms with Crippen LogP contribution in [0.3, 0.4) is 0 Å². The van der Waals surface area contributed by atoms with Gasteiger partial charge in [-0.1, -0.05) is 26.2 Å². The second-order valence-electron chi connectivity index (χ2n) is 5.71. The summed E-state index contributed by atoms with van der Waals surface area (Å²) < 4.78 is 28.0. The number of nitrogen functional groups attached to an aromatic ring is 1. The number of hydrogen-bond acceptors (Lipinski definition) is 3. The fraction of sp³-hybridized carbons (Fsp3) is 0.600. The molecular weight excluding hydrogens is 272 g/mol. The van der Waals surface area contributed by atoms with E-state index in [1.54, 1.807) is 25.1 Å². The van der Waals surface area contributed by atoms with Gasteiger partial charge in [0.2, 0.25) is 10.0 Å². The summed E-state index contributed by atoms with van der Waals surface area (Å²) in [4.78, 5) is 0.340. The highest BCUT2D eigenvalue weighted by atomic mass is 32.2. The van der Waals surface area contributed by atoms with Gasteiger partial charge in [-0.25, -0.2) is 13.1 Å². The van der Waals surface area contributed by atoms with Crippen LogP contribution < -0.4 is 10.5 Å². The van der Waals surface area contributed by atoms with Crippen molar-refractivity contribution in [2.45, 2.75) is 56.9 Å². The van der Waals surface area contributed by atoms with Crippen molar-refractivity contribution < 1.29 is 8.42 Å². The molecule has 1 fully saturated rings. The molecule has 2 rings (SSSR count). The van der Waals surface area contributed by atoms with Crippen LogP contribution in [0.4, 0.5) is 5.69 Å². The zero-order valence-corrected chi connectivity index (χ0v) is 13.0. The molecule has 20 heavy (non-hydrogen) atoms. The van der Waals surface area contributed by atoms with Crippen LogP contribution in [0.5, 0.6) is 0 Å². The summed E-state index contributed by atoms with van der Waals surface area (Å²) in [5.41, 5.74) is 6.97. The fourth-order valence-electron chi connectivity index (χ4n) is 3.09. The van der Waals surface area contributed by atoms with Crippen molar-refractivity contribution in [1.29, 1.82) is 0 Å². The molecular formula is C15H24N2O2S. The summed E-state index contributed by atoms with van der Waals surface area (Å²) in [7, 11) is -3.46. The van der Waals surface area contributed by atoms with E-state index in [0.29, 0.717) is 22.1 Å². The number of sulfonamides is 1. The first-order valence-corrected chi connectivity index (χ1v) is 8.81. The third-order valence-electron chi connectivity index (χ3n) is 4.23. The van der Waals surface area contributed by atoms with Crippen LogP contribution in [0.1, 0.15) is 44.6 Å². The Balaban J connectivity index is 2.22. The normalized spacial score (nSPS) is 23.7. The summed E-state index contributed by atoms with van der Waals surface area (Å²) in [5.74, 6) is 0.451. The standard InChI is InChI=1S/C15H24N2O2S/c1-3-12-6-4-5-7-14(12)17-20(18,19)15-9-8-13(16)10-11(15)2/h8-10,12,14,17H,3-7,16H2,1-2H3. The molecule has 0 saturated heterocycles. The first kappa shape index (κ1) is 15.3. The Hall–Kier alpha value is -1.07. The number of nitrogens with two attached hydrogens (primary N) is 1. The Kier molecular flexibility index (Phi) is 4.70. The molecule has 0 radical (unpaired) electrons. The maximum atomic E-state index is 12.5. The maximum Gasteiger partial charge on any atom is 0.241 e. The second-order valence-corrected chi connectivity index (χ2v) is 7.39. The topological polar surface area (TPSA) is 72.2 Å². The van der Waals surface area contributed by atoms with Crippen molar-refractivity contribution >= 4 is 15.7 Å². The summed E-state index contributed by atoms with van der Waals surface area (Å²) in [6.45, 7) is 3.91. The number of nitrogens with one attached hydrogen (secondary N) is 1. The molecule has 3 N–H and O–H groups in total. The van der Waals surface area contributed by atoms with Crippen molar-refractivity contribution in [2.24, 2.45) is 5.92 Å². The Labute approximate surface area is 121 Å². The molecule has 2 atom stereocenters. The molecule has 1 aromatic rings. The minimum absolute atomic E-state index is 0.0655. The molecule has 0 aromatic heterocycles. The minimum Gasteiger partial charge on any atom is -0.399 e. The Morgan fingerprint density at radius 3 is 2.65 bits per heavy atom. The van der Waals surface area contributed by atoms with Gasteiger partial charge in [0.15, 0.2) is 0 Å². The molecule has 1 saturated carbocycles. The molecule has 1 aliphatic carbocycles. The monoisotopic (exact) mass is 296 g/mol. The molecule has 0 heterocycles. The van der Waals surface area contributed by atoms with Gasteiger partial charge in [0, 0.05) is 11.7 Å². The molecule has 4 nitrogen and oxygen atoms in total. The van der Waals surface area contributed by atoms with Gasteiger partial charge in [0.05, 0.1) is 4.90 Å². The zero-order valence-electron chi connectivity index (χ0n) is 12.2. The SMILES string of the molecule is CCC1CCCCC1NS(=O)(=O)c1ccc(N)cc1C. The number of anilines is 1. The van der Waals surface area contributed by atoms with Crippen LogP contribution >= 0.6 is 0 Å². The highest BCUT2D eigenvalue weighted by Gasteiger charge is 2.28. The third kappa shape index (κ3) is 3.33.